The molecule has 1 aromatic rings. The molecular formula is C13H20BrFN2O. The van der Waals surface area contributed by atoms with E-state index in [4.69, 9.17) is 4.74 Å². The Kier molecular flexibility index (Phi) is 8.17. The molecule has 0 fully saturated rings. The third-order valence-corrected chi connectivity index (χ3v) is 3.26. The maximum absolute atomic E-state index is 12.9. The van der Waals surface area contributed by atoms with Gasteiger partial charge in [-0.3, -0.25) is 0 Å². The van der Waals surface area contributed by atoms with E-state index in [0.717, 1.165) is 49.2 Å². The van der Waals surface area contributed by atoms with Gasteiger partial charge in [-0.25, -0.2) is 4.39 Å². The molecule has 0 aliphatic rings. The van der Waals surface area contributed by atoms with Crippen LogP contribution in [0.5, 0.6) is 0 Å². The minimum atomic E-state index is -0.215. The van der Waals surface area contributed by atoms with Gasteiger partial charge in [0.1, 0.15) is 5.82 Å². The van der Waals surface area contributed by atoms with Gasteiger partial charge in [0.25, 0.3) is 0 Å². The highest BCUT2D eigenvalue weighted by Gasteiger charge is 2.00. The topological polar surface area (TPSA) is 33.3 Å². The molecule has 0 atom stereocenters. The van der Waals surface area contributed by atoms with Crippen molar-refractivity contribution in [1.82, 2.24) is 10.6 Å². The highest BCUT2D eigenvalue weighted by Crippen LogP contribution is 2.17. The molecule has 0 saturated carbocycles. The molecule has 18 heavy (non-hydrogen) atoms. The first kappa shape index (κ1) is 15.6. The monoisotopic (exact) mass is 318 g/mol. The van der Waals surface area contributed by atoms with Crippen molar-refractivity contribution in [1.29, 1.82) is 0 Å². The van der Waals surface area contributed by atoms with Crippen LogP contribution in [0.2, 0.25) is 0 Å². The third-order valence-electron chi connectivity index (χ3n) is 2.52. The third kappa shape index (κ3) is 6.44. The second kappa shape index (κ2) is 9.44. The lowest BCUT2D eigenvalue weighted by molar-refractivity contribution is 0.199. The van der Waals surface area contributed by atoms with Gasteiger partial charge in [0.05, 0.1) is 6.61 Å². The molecule has 5 heteroatoms. The van der Waals surface area contributed by atoms with E-state index in [1.54, 1.807) is 13.2 Å². The van der Waals surface area contributed by atoms with E-state index in [-0.39, 0.29) is 5.82 Å². The summed E-state index contributed by atoms with van der Waals surface area (Å²) in [5.74, 6) is -0.215. The van der Waals surface area contributed by atoms with E-state index in [1.165, 1.54) is 12.1 Å². The van der Waals surface area contributed by atoms with Crippen molar-refractivity contribution in [2.75, 3.05) is 33.4 Å². The number of hydrogen-bond donors (Lipinski definition) is 2. The summed E-state index contributed by atoms with van der Waals surface area (Å²) in [7, 11) is 1.70. The van der Waals surface area contributed by atoms with Crippen molar-refractivity contribution >= 4 is 15.9 Å². The Balaban J connectivity index is 2.07. The van der Waals surface area contributed by atoms with Gasteiger partial charge in [-0.15, -0.1) is 0 Å². The number of hydrogen-bond acceptors (Lipinski definition) is 3. The molecule has 0 aliphatic heterocycles. The first-order valence-corrected chi connectivity index (χ1v) is 6.87. The summed E-state index contributed by atoms with van der Waals surface area (Å²) in [6.07, 6.45) is 1.06. The van der Waals surface area contributed by atoms with Crippen molar-refractivity contribution in [3.63, 3.8) is 0 Å². The van der Waals surface area contributed by atoms with Crippen LogP contribution in [0.1, 0.15) is 12.0 Å². The molecular weight excluding hydrogens is 299 g/mol. The zero-order valence-electron chi connectivity index (χ0n) is 10.6. The quantitative estimate of drug-likeness (QED) is 0.685. The summed E-state index contributed by atoms with van der Waals surface area (Å²) < 4.78 is 18.6. The summed E-state index contributed by atoms with van der Waals surface area (Å²) in [4.78, 5) is 0. The van der Waals surface area contributed by atoms with Crippen molar-refractivity contribution in [3.8, 4) is 0 Å². The first-order chi connectivity index (χ1) is 8.74. The molecule has 0 heterocycles. The van der Waals surface area contributed by atoms with Gasteiger partial charge in [0.2, 0.25) is 0 Å². The SMILES string of the molecule is COCCNCCCNCc1ccc(F)cc1Br. The fourth-order valence-electron chi connectivity index (χ4n) is 1.53. The van der Waals surface area contributed by atoms with Crippen LogP contribution in [-0.4, -0.2) is 33.4 Å². The summed E-state index contributed by atoms with van der Waals surface area (Å²) in [6.45, 7) is 4.29. The summed E-state index contributed by atoms with van der Waals surface area (Å²) in [6, 6.07) is 4.76. The van der Waals surface area contributed by atoms with E-state index in [1.807, 2.05) is 0 Å². The van der Waals surface area contributed by atoms with Gasteiger partial charge >= 0.3 is 0 Å². The Hall–Kier alpha value is -0.490. The molecule has 2 N–H and O–H groups in total. The maximum atomic E-state index is 12.9. The van der Waals surface area contributed by atoms with E-state index < -0.39 is 0 Å². The molecule has 3 nitrogen and oxygen atoms in total. The zero-order valence-corrected chi connectivity index (χ0v) is 12.2. The highest BCUT2D eigenvalue weighted by molar-refractivity contribution is 9.10. The standard InChI is InChI=1S/C13H20BrFN2O/c1-18-8-7-16-5-2-6-17-10-11-3-4-12(15)9-13(11)14/h3-4,9,16-17H,2,5-8,10H2,1H3. The average molecular weight is 319 g/mol. The number of rotatable bonds is 9. The predicted octanol–water partition coefficient (Wildman–Crippen LogP) is 2.30. The van der Waals surface area contributed by atoms with Gasteiger partial charge in [0.15, 0.2) is 0 Å². The molecule has 0 amide bonds. The fraction of sp³-hybridized carbons (Fsp3) is 0.538. The van der Waals surface area contributed by atoms with Crippen LogP contribution in [-0.2, 0) is 11.3 Å². The van der Waals surface area contributed by atoms with Crippen molar-refractivity contribution in [2.24, 2.45) is 0 Å². The zero-order chi connectivity index (χ0) is 13.2. The number of halogens is 2. The Labute approximate surface area is 116 Å². The van der Waals surface area contributed by atoms with Gasteiger partial charge in [-0.2, -0.15) is 0 Å². The van der Waals surface area contributed by atoms with Crippen LogP contribution in [0, 0.1) is 5.82 Å². The number of nitrogens with one attached hydrogen (secondary N) is 2. The lowest BCUT2D eigenvalue weighted by Gasteiger charge is -2.07. The Morgan fingerprint density at radius 2 is 2.00 bits per heavy atom. The second-order valence-corrected chi connectivity index (χ2v) is 4.86. The van der Waals surface area contributed by atoms with E-state index in [0.29, 0.717) is 0 Å². The van der Waals surface area contributed by atoms with Gasteiger partial charge < -0.3 is 15.4 Å². The van der Waals surface area contributed by atoms with Gasteiger partial charge in [0, 0.05) is 24.7 Å². The normalized spacial score (nSPS) is 10.8. The number of methoxy groups -OCH3 is 1. The number of ether oxygens (including phenoxy) is 1. The van der Waals surface area contributed by atoms with Crippen LogP contribution in [0.4, 0.5) is 4.39 Å². The second-order valence-electron chi connectivity index (χ2n) is 4.01. The maximum Gasteiger partial charge on any atom is 0.124 e. The minimum Gasteiger partial charge on any atom is -0.383 e. The first-order valence-electron chi connectivity index (χ1n) is 6.08. The smallest absolute Gasteiger partial charge is 0.124 e. The minimum absolute atomic E-state index is 0.215. The lowest BCUT2D eigenvalue weighted by Crippen LogP contribution is -2.24. The summed E-state index contributed by atoms with van der Waals surface area (Å²) >= 11 is 3.35. The summed E-state index contributed by atoms with van der Waals surface area (Å²) in [5, 5.41) is 6.61. The Bertz CT molecular complexity index is 350. The lowest BCUT2D eigenvalue weighted by atomic mass is 10.2. The van der Waals surface area contributed by atoms with Crippen molar-refractivity contribution in [2.45, 2.75) is 13.0 Å². The molecule has 1 aromatic carbocycles. The van der Waals surface area contributed by atoms with Crippen LogP contribution < -0.4 is 10.6 Å². The molecule has 102 valence electrons. The van der Waals surface area contributed by atoms with Crippen LogP contribution >= 0.6 is 15.9 Å². The highest BCUT2D eigenvalue weighted by atomic mass is 79.9. The van der Waals surface area contributed by atoms with Gasteiger partial charge in [-0.05, 0) is 37.2 Å². The van der Waals surface area contributed by atoms with Crippen LogP contribution in [0.3, 0.4) is 0 Å². The van der Waals surface area contributed by atoms with Crippen LogP contribution in [0.25, 0.3) is 0 Å². The largest absolute Gasteiger partial charge is 0.383 e. The van der Waals surface area contributed by atoms with Crippen molar-refractivity contribution < 1.29 is 9.13 Å². The molecule has 0 bridgehead atoms. The molecule has 0 aromatic heterocycles. The predicted molar refractivity (Wildman–Crippen MR) is 75.2 cm³/mol. The average Bonchev–Trinajstić information content (AvgIpc) is 2.35. The fourth-order valence-corrected chi connectivity index (χ4v) is 2.02. The summed E-state index contributed by atoms with van der Waals surface area (Å²) in [5.41, 5.74) is 1.07. The molecule has 0 unspecified atom stereocenters. The van der Waals surface area contributed by atoms with E-state index in [2.05, 4.69) is 26.6 Å². The molecule has 0 saturated heterocycles. The molecule has 0 radical (unpaired) electrons. The molecule has 0 aliphatic carbocycles. The number of benzene rings is 1. The van der Waals surface area contributed by atoms with Gasteiger partial charge in [-0.1, -0.05) is 22.0 Å². The molecule has 0 spiro atoms. The van der Waals surface area contributed by atoms with Crippen molar-refractivity contribution in [3.05, 3.63) is 34.1 Å². The van der Waals surface area contributed by atoms with E-state index in [9.17, 15) is 4.39 Å². The Morgan fingerprint density at radius 1 is 1.22 bits per heavy atom. The molecule has 1 rings (SSSR count). The van der Waals surface area contributed by atoms with E-state index >= 15 is 0 Å². The van der Waals surface area contributed by atoms with Crippen LogP contribution in [0.15, 0.2) is 22.7 Å². The Morgan fingerprint density at radius 3 is 2.72 bits per heavy atom.